The van der Waals surface area contributed by atoms with Gasteiger partial charge in [0.15, 0.2) is 0 Å². The van der Waals surface area contributed by atoms with E-state index in [4.69, 9.17) is 22.9 Å². The number of sulfonamides is 2. The third-order valence-corrected chi connectivity index (χ3v) is 17.4. The summed E-state index contributed by atoms with van der Waals surface area (Å²) in [5.74, 6) is 0.953. The zero-order chi connectivity index (χ0) is 22.5. The number of aliphatic hydroxyl groups excluding tert-OH is 1. The van der Waals surface area contributed by atoms with E-state index in [-0.39, 0.29) is 20.0 Å². The summed E-state index contributed by atoms with van der Waals surface area (Å²) in [4.78, 5) is 0.00421. The molecule has 170 valence electrons. The number of aliphatic hydroxyl groups is 1. The maximum absolute atomic E-state index is 11.3. The average Bonchev–Trinajstić information content (AvgIpc) is 3.50. The Morgan fingerprint density at radius 1 is 0.935 bits per heavy atom. The van der Waals surface area contributed by atoms with E-state index in [1.54, 1.807) is 12.1 Å². The van der Waals surface area contributed by atoms with Gasteiger partial charge in [-0.1, -0.05) is 0 Å². The van der Waals surface area contributed by atoms with Gasteiger partial charge in [0.25, 0.3) is 0 Å². The molecule has 13 heteroatoms. The number of ether oxygens (including phenoxy) is 2. The van der Waals surface area contributed by atoms with Gasteiger partial charge in [0.05, 0.1) is 0 Å². The summed E-state index contributed by atoms with van der Waals surface area (Å²) in [5.41, 5.74) is 0. The van der Waals surface area contributed by atoms with Gasteiger partial charge in [-0.2, -0.15) is 0 Å². The Balaban J connectivity index is 1.23. The van der Waals surface area contributed by atoms with Gasteiger partial charge in [-0.05, 0) is 0 Å². The molecule has 3 atom stereocenters. The van der Waals surface area contributed by atoms with Crippen LogP contribution in [0, 0.1) is 0 Å². The van der Waals surface area contributed by atoms with Gasteiger partial charge in [0.1, 0.15) is 0 Å². The second kappa shape index (κ2) is 7.86. The van der Waals surface area contributed by atoms with Crippen LogP contribution in [-0.4, -0.2) is 63.5 Å². The third kappa shape index (κ3) is 4.99. The molecule has 2 saturated heterocycles. The summed E-state index contributed by atoms with van der Waals surface area (Å²) < 4.78 is 63.5. The first kappa shape index (κ1) is 22.8. The third-order valence-electron chi connectivity index (χ3n) is 4.99. The predicted octanol–water partition coefficient (Wildman–Crippen LogP) is 0.0674. The van der Waals surface area contributed by atoms with Crippen molar-refractivity contribution < 1.29 is 34.5 Å². The Morgan fingerprint density at radius 2 is 1.39 bits per heavy atom. The van der Waals surface area contributed by atoms with Gasteiger partial charge in [-0.25, -0.2) is 0 Å². The molecule has 0 amide bonds. The number of nitrogens with two attached hydrogens (primary N) is 2. The summed E-state index contributed by atoms with van der Waals surface area (Å²) in [6.45, 7) is 0.434. The second-order valence-electron chi connectivity index (χ2n) is 7.40. The second-order valence-corrected chi connectivity index (χ2v) is 19.5. The minimum atomic E-state index is -3.76. The molecule has 0 aliphatic carbocycles. The van der Waals surface area contributed by atoms with E-state index in [9.17, 15) is 21.9 Å². The van der Waals surface area contributed by atoms with E-state index in [0.717, 1.165) is 4.47 Å². The fourth-order valence-corrected chi connectivity index (χ4v) is 16.6. The first-order valence-corrected chi connectivity index (χ1v) is 17.6. The van der Waals surface area contributed by atoms with Crippen LogP contribution in [0.2, 0.25) is 8.94 Å². The molecular formula is C18H22N2O8S2Te. The van der Waals surface area contributed by atoms with Crippen LogP contribution >= 0.6 is 0 Å². The normalized spacial score (nSPS) is 25.4. The molecule has 2 fully saturated rings. The number of fused-ring (bicyclic) bond motifs is 1. The van der Waals surface area contributed by atoms with Crippen molar-refractivity contribution in [2.75, 3.05) is 13.2 Å². The topological polar surface area (TPSA) is 172 Å². The van der Waals surface area contributed by atoms with Crippen LogP contribution in [0.4, 0.5) is 0 Å². The number of benzene rings is 2. The Kier molecular flexibility index (Phi) is 5.77. The maximum atomic E-state index is 11.3. The first-order chi connectivity index (χ1) is 14.4. The van der Waals surface area contributed by atoms with Crippen molar-refractivity contribution in [2.24, 2.45) is 10.3 Å². The zero-order valence-corrected chi connectivity index (χ0v) is 20.2. The van der Waals surface area contributed by atoms with Crippen LogP contribution in [0.15, 0.2) is 58.3 Å². The molecule has 2 aromatic rings. The zero-order valence-electron chi connectivity index (χ0n) is 16.2. The van der Waals surface area contributed by atoms with Gasteiger partial charge in [-0.15, -0.1) is 0 Å². The summed E-state index contributed by atoms with van der Waals surface area (Å²) in [6, 6.07) is 11.5. The van der Waals surface area contributed by atoms with Crippen molar-refractivity contribution in [1.82, 2.24) is 0 Å². The molecule has 10 nitrogen and oxygen atoms in total. The summed E-state index contributed by atoms with van der Waals surface area (Å²) >= 11 is -2.56. The number of hydrogen-bond acceptors (Lipinski definition) is 8. The quantitative estimate of drug-likeness (QED) is 0.259. The van der Waals surface area contributed by atoms with E-state index in [1.807, 2.05) is 0 Å². The predicted molar refractivity (Wildman–Crippen MR) is 112 cm³/mol. The van der Waals surface area contributed by atoms with Crippen molar-refractivity contribution in [3.63, 3.8) is 0 Å². The summed E-state index contributed by atoms with van der Waals surface area (Å²) in [6.07, 6.45) is -0.697. The first-order valence-electron chi connectivity index (χ1n) is 9.11. The molecule has 0 radical (unpaired) electrons. The van der Waals surface area contributed by atoms with Gasteiger partial charge < -0.3 is 0 Å². The molecule has 31 heavy (non-hydrogen) atoms. The van der Waals surface area contributed by atoms with Crippen molar-refractivity contribution >= 4 is 38.6 Å². The summed E-state index contributed by atoms with van der Waals surface area (Å²) in [5, 5.41) is 20.4. The average molecular weight is 586 g/mol. The molecule has 0 saturated carbocycles. The van der Waals surface area contributed by atoms with Gasteiger partial charge in [0, 0.05) is 0 Å². The van der Waals surface area contributed by atoms with Gasteiger partial charge in [-0.3, -0.25) is 0 Å². The van der Waals surface area contributed by atoms with Crippen LogP contribution in [0.1, 0.15) is 0 Å². The van der Waals surface area contributed by atoms with Crippen LogP contribution in [-0.2, 0) is 23.1 Å². The molecule has 2 aliphatic heterocycles. The van der Waals surface area contributed by atoms with Crippen molar-refractivity contribution in [3.8, 4) is 11.5 Å². The van der Waals surface area contributed by atoms with Gasteiger partial charge >= 0.3 is 185 Å². The molecule has 0 aromatic heterocycles. The SMILES string of the molecule is NS(=O)(=O)c1ccc(OC[C@@H](O)C[Te@]23C[C@@]2(COc2ccc(S(N)(=O)=O)cc2)O3)cc1. The molecule has 2 aliphatic rings. The standard InChI is InChI=1S/C18H22N2O8S2Te/c19-29(22,23)16-5-1-14(2-6-16)26-9-13(21)10-31-12-18(31,28-31)11-27-15-3-7-17(8-4-15)30(20,24)25/h1-8,13,21H,9-12H2,(H2,19,22,23)(H2,20,24,25)/t13-,18+/m1/s1. The van der Waals surface area contributed by atoms with Crippen LogP contribution in [0.3, 0.4) is 0 Å². The number of rotatable bonds is 10. The molecule has 2 aromatic carbocycles. The Hall–Kier alpha value is -1.43. The fourth-order valence-electron chi connectivity index (χ4n) is 3.21. The molecule has 2 heterocycles. The fraction of sp³-hybridized carbons (Fsp3) is 0.333. The molecule has 4 rings (SSSR count). The van der Waals surface area contributed by atoms with E-state index < -0.39 is 44.7 Å². The van der Waals surface area contributed by atoms with Crippen molar-refractivity contribution in [2.45, 2.75) is 28.5 Å². The van der Waals surface area contributed by atoms with Crippen molar-refractivity contribution in [1.29, 1.82) is 0 Å². The van der Waals surface area contributed by atoms with Crippen LogP contribution in [0.25, 0.3) is 0 Å². The van der Waals surface area contributed by atoms with Crippen LogP contribution < -0.4 is 19.8 Å². The van der Waals surface area contributed by atoms with Crippen LogP contribution in [0.5, 0.6) is 11.5 Å². The summed E-state index contributed by atoms with van der Waals surface area (Å²) in [7, 11) is -7.50. The minimum absolute atomic E-state index is 0.0112. The molecule has 0 bridgehead atoms. The van der Waals surface area contributed by atoms with E-state index in [2.05, 4.69) is 0 Å². The van der Waals surface area contributed by atoms with E-state index in [1.165, 1.54) is 36.4 Å². The molecule has 5 N–H and O–H groups in total. The number of hydrogen-bond donors (Lipinski definition) is 3. The Bertz CT molecular complexity index is 1180. The number of primary sulfonamides is 2. The molecule has 0 spiro atoms. The Morgan fingerprint density at radius 3 is 1.84 bits per heavy atom. The van der Waals surface area contributed by atoms with Gasteiger partial charge in [0.2, 0.25) is 0 Å². The monoisotopic (exact) mass is 588 g/mol. The van der Waals surface area contributed by atoms with Crippen molar-refractivity contribution in [3.05, 3.63) is 48.5 Å². The molecular weight excluding hydrogens is 564 g/mol. The van der Waals surface area contributed by atoms with E-state index in [0.29, 0.717) is 22.6 Å². The Labute approximate surface area is 184 Å². The molecule has 0 unspecified atom stereocenters. The van der Waals surface area contributed by atoms with E-state index >= 15 is 0 Å².